The van der Waals surface area contributed by atoms with Gasteiger partial charge in [0.25, 0.3) is 0 Å². The van der Waals surface area contributed by atoms with E-state index in [1.54, 1.807) is 13.0 Å². The molecule has 0 heterocycles. The molecule has 0 saturated heterocycles. The molecule has 2 aromatic carbocycles. The molecule has 0 saturated carbocycles. The molecule has 0 spiro atoms. The van der Waals surface area contributed by atoms with Gasteiger partial charge < -0.3 is 5.73 Å². The Morgan fingerprint density at radius 3 is 2.05 bits per heavy atom. The molecular weight excluding hydrogens is 305 g/mol. The van der Waals surface area contributed by atoms with E-state index < -0.39 is 0 Å². The van der Waals surface area contributed by atoms with Crippen LogP contribution < -0.4 is 5.73 Å². The maximum absolute atomic E-state index is 13.6. The smallest absolute Gasteiger partial charge is 0.126 e. The lowest BCUT2D eigenvalue weighted by Gasteiger charge is -2.16. The number of hydrogen-bond acceptors (Lipinski definition) is 1. The van der Waals surface area contributed by atoms with Gasteiger partial charge in [0.15, 0.2) is 0 Å². The zero-order valence-electron chi connectivity index (χ0n) is 11.3. The minimum atomic E-state index is -0.305. The van der Waals surface area contributed by atoms with Crippen molar-refractivity contribution in [1.82, 2.24) is 0 Å². The third kappa shape index (κ3) is 2.88. The molecule has 100 valence electrons. The standard InChI is InChI=1S/C16H17BrFN/c1-9-4-5-12(8-14(9)18)16(19)13-6-10(2)15(17)11(3)7-13/h4-8,16H,19H2,1-3H3. The first-order chi connectivity index (χ1) is 8.90. The maximum atomic E-state index is 13.6. The first kappa shape index (κ1) is 14.2. The van der Waals surface area contributed by atoms with Gasteiger partial charge in [0.2, 0.25) is 0 Å². The molecule has 2 aromatic rings. The average molecular weight is 322 g/mol. The van der Waals surface area contributed by atoms with Gasteiger partial charge in [0.1, 0.15) is 5.82 Å². The lowest BCUT2D eigenvalue weighted by atomic mass is 9.95. The summed E-state index contributed by atoms with van der Waals surface area (Å²) in [6.45, 7) is 5.81. The molecule has 0 aliphatic heterocycles. The van der Waals surface area contributed by atoms with Crippen molar-refractivity contribution in [3.63, 3.8) is 0 Å². The normalized spacial score (nSPS) is 12.5. The molecule has 0 aromatic heterocycles. The quantitative estimate of drug-likeness (QED) is 0.862. The van der Waals surface area contributed by atoms with Crippen LogP contribution in [0.15, 0.2) is 34.8 Å². The summed E-state index contributed by atoms with van der Waals surface area (Å²) in [6, 6.07) is 8.95. The first-order valence-electron chi connectivity index (χ1n) is 6.18. The van der Waals surface area contributed by atoms with Crippen molar-refractivity contribution in [3.8, 4) is 0 Å². The van der Waals surface area contributed by atoms with Gasteiger partial charge in [-0.2, -0.15) is 0 Å². The van der Waals surface area contributed by atoms with Crippen LogP contribution in [0.3, 0.4) is 0 Å². The van der Waals surface area contributed by atoms with Crippen molar-refractivity contribution in [3.05, 3.63) is 68.4 Å². The van der Waals surface area contributed by atoms with Gasteiger partial charge in [0.05, 0.1) is 6.04 Å². The van der Waals surface area contributed by atoms with Crippen LogP contribution in [0.2, 0.25) is 0 Å². The second-order valence-corrected chi connectivity index (χ2v) is 5.75. The second-order valence-electron chi connectivity index (χ2n) is 4.95. The van der Waals surface area contributed by atoms with Crippen molar-refractivity contribution in [1.29, 1.82) is 0 Å². The highest BCUT2D eigenvalue weighted by atomic mass is 79.9. The van der Waals surface area contributed by atoms with Gasteiger partial charge in [-0.3, -0.25) is 0 Å². The van der Waals surface area contributed by atoms with E-state index in [4.69, 9.17) is 5.73 Å². The van der Waals surface area contributed by atoms with Crippen molar-refractivity contribution in [2.75, 3.05) is 0 Å². The van der Waals surface area contributed by atoms with Gasteiger partial charge in [-0.05, 0) is 54.7 Å². The summed E-state index contributed by atoms with van der Waals surface area (Å²) >= 11 is 3.54. The molecule has 0 aliphatic rings. The van der Waals surface area contributed by atoms with E-state index in [1.165, 1.54) is 6.07 Å². The van der Waals surface area contributed by atoms with Gasteiger partial charge in [0, 0.05) is 4.47 Å². The molecule has 0 bridgehead atoms. The summed E-state index contributed by atoms with van der Waals surface area (Å²) in [5, 5.41) is 0. The highest BCUT2D eigenvalue weighted by molar-refractivity contribution is 9.10. The molecule has 1 atom stereocenters. The highest BCUT2D eigenvalue weighted by Crippen LogP contribution is 2.28. The lowest BCUT2D eigenvalue weighted by molar-refractivity contribution is 0.614. The van der Waals surface area contributed by atoms with E-state index >= 15 is 0 Å². The summed E-state index contributed by atoms with van der Waals surface area (Å²) in [4.78, 5) is 0. The van der Waals surface area contributed by atoms with Crippen LogP contribution in [0.5, 0.6) is 0 Å². The fourth-order valence-corrected chi connectivity index (χ4v) is 2.38. The molecular formula is C16H17BrFN. The van der Waals surface area contributed by atoms with Gasteiger partial charge >= 0.3 is 0 Å². The summed E-state index contributed by atoms with van der Waals surface area (Å²) in [5.74, 6) is -0.210. The summed E-state index contributed by atoms with van der Waals surface area (Å²) < 4.78 is 14.7. The number of halogens is 2. The zero-order chi connectivity index (χ0) is 14.2. The summed E-state index contributed by atoms with van der Waals surface area (Å²) in [7, 11) is 0. The lowest BCUT2D eigenvalue weighted by Crippen LogP contribution is -2.13. The Morgan fingerprint density at radius 1 is 0.947 bits per heavy atom. The number of rotatable bonds is 2. The van der Waals surface area contributed by atoms with E-state index in [0.29, 0.717) is 5.56 Å². The Kier molecular flexibility index (Phi) is 4.07. The van der Waals surface area contributed by atoms with Crippen LogP contribution in [-0.4, -0.2) is 0 Å². The SMILES string of the molecule is Cc1ccc(C(N)c2cc(C)c(Br)c(C)c2)cc1F. The predicted octanol–water partition coefficient (Wildman–Crippen LogP) is 4.56. The Labute approximate surface area is 121 Å². The highest BCUT2D eigenvalue weighted by Gasteiger charge is 2.13. The Bertz CT molecular complexity index is 599. The molecule has 2 rings (SSSR count). The van der Waals surface area contributed by atoms with E-state index in [0.717, 1.165) is 26.7 Å². The largest absolute Gasteiger partial charge is 0.320 e. The molecule has 2 N–H and O–H groups in total. The van der Waals surface area contributed by atoms with Crippen LogP contribution in [-0.2, 0) is 0 Å². The van der Waals surface area contributed by atoms with E-state index in [1.807, 2.05) is 32.0 Å². The monoisotopic (exact) mass is 321 g/mol. The predicted molar refractivity (Wildman–Crippen MR) is 80.8 cm³/mol. The summed E-state index contributed by atoms with van der Waals surface area (Å²) in [5.41, 5.74) is 11.0. The Hall–Kier alpha value is -1.19. The van der Waals surface area contributed by atoms with E-state index in [-0.39, 0.29) is 11.9 Å². The molecule has 3 heteroatoms. The molecule has 0 aliphatic carbocycles. The van der Waals surface area contributed by atoms with Crippen LogP contribution in [0, 0.1) is 26.6 Å². The number of aryl methyl sites for hydroxylation is 3. The molecule has 1 unspecified atom stereocenters. The van der Waals surface area contributed by atoms with Gasteiger partial charge in [-0.15, -0.1) is 0 Å². The molecule has 19 heavy (non-hydrogen) atoms. The van der Waals surface area contributed by atoms with E-state index in [9.17, 15) is 4.39 Å². The van der Waals surface area contributed by atoms with E-state index in [2.05, 4.69) is 15.9 Å². The molecule has 0 radical (unpaired) electrons. The van der Waals surface area contributed by atoms with Crippen molar-refractivity contribution in [2.45, 2.75) is 26.8 Å². The van der Waals surface area contributed by atoms with Crippen LogP contribution in [0.25, 0.3) is 0 Å². The third-order valence-electron chi connectivity index (χ3n) is 3.37. The summed E-state index contributed by atoms with van der Waals surface area (Å²) in [6.07, 6.45) is 0. The first-order valence-corrected chi connectivity index (χ1v) is 6.97. The van der Waals surface area contributed by atoms with Crippen LogP contribution in [0.4, 0.5) is 4.39 Å². The number of nitrogens with two attached hydrogens (primary N) is 1. The minimum absolute atomic E-state index is 0.210. The van der Waals surface area contributed by atoms with Crippen LogP contribution >= 0.6 is 15.9 Å². The number of benzene rings is 2. The number of hydrogen-bond donors (Lipinski definition) is 1. The fourth-order valence-electron chi connectivity index (χ4n) is 2.15. The maximum Gasteiger partial charge on any atom is 0.126 e. The average Bonchev–Trinajstić information content (AvgIpc) is 2.37. The second kappa shape index (κ2) is 5.43. The Balaban J connectivity index is 2.43. The Morgan fingerprint density at radius 2 is 1.53 bits per heavy atom. The van der Waals surface area contributed by atoms with Gasteiger partial charge in [-0.25, -0.2) is 4.39 Å². The van der Waals surface area contributed by atoms with Crippen molar-refractivity contribution >= 4 is 15.9 Å². The molecule has 0 amide bonds. The van der Waals surface area contributed by atoms with Crippen molar-refractivity contribution in [2.24, 2.45) is 5.73 Å². The van der Waals surface area contributed by atoms with Crippen molar-refractivity contribution < 1.29 is 4.39 Å². The molecule has 0 fully saturated rings. The van der Waals surface area contributed by atoms with Crippen LogP contribution in [0.1, 0.15) is 33.9 Å². The zero-order valence-corrected chi connectivity index (χ0v) is 12.9. The van der Waals surface area contributed by atoms with Gasteiger partial charge in [-0.1, -0.05) is 40.2 Å². The minimum Gasteiger partial charge on any atom is -0.320 e. The third-order valence-corrected chi connectivity index (χ3v) is 4.62. The topological polar surface area (TPSA) is 26.0 Å². The molecule has 1 nitrogen and oxygen atoms in total. The fraction of sp³-hybridized carbons (Fsp3) is 0.250.